The minimum atomic E-state index is 0.224. The molecule has 0 aromatic rings. The average Bonchev–Trinajstić information content (AvgIpc) is 3.08. The number of fused-ring (bicyclic) bond motifs is 2. The number of aliphatic hydroxyl groups excluding tert-OH is 1. The van der Waals surface area contributed by atoms with Crippen LogP contribution < -0.4 is 0 Å². The highest BCUT2D eigenvalue weighted by atomic mass is 16.2. The third-order valence-electron chi connectivity index (χ3n) is 14.9. The monoisotopic (exact) mass is 485 g/mol. The summed E-state index contributed by atoms with van der Waals surface area (Å²) >= 11 is 0. The SMILES string of the molecule is CC1=C2CC34C5C=CC6(CC#CCC3(C)C2(CC1)C(C)CC41CCCC1)C(CCCO)CCC61CN51. The highest BCUT2D eigenvalue weighted by Gasteiger charge is 2.83. The van der Waals surface area contributed by atoms with Gasteiger partial charge < -0.3 is 5.11 Å². The lowest BCUT2D eigenvalue weighted by Crippen LogP contribution is -2.67. The van der Waals surface area contributed by atoms with E-state index in [1.807, 2.05) is 5.57 Å². The Morgan fingerprint density at radius 1 is 1.11 bits per heavy atom. The quantitative estimate of drug-likeness (QED) is 0.263. The minimum absolute atomic E-state index is 0.224. The molecular formula is C34H47NO. The van der Waals surface area contributed by atoms with Crippen LogP contribution in [0.3, 0.4) is 0 Å². The summed E-state index contributed by atoms with van der Waals surface area (Å²) in [5, 5.41) is 9.65. The van der Waals surface area contributed by atoms with E-state index in [1.54, 1.807) is 5.57 Å². The lowest BCUT2D eigenvalue weighted by atomic mass is 9.36. The zero-order chi connectivity index (χ0) is 24.6. The molecule has 0 radical (unpaired) electrons. The van der Waals surface area contributed by atoms with Gasteiger partial charge in [-0.25, -0.2) is 0 Å². The fraction of sp³-hybridized carbons (Fsp3) is 0.824. The van der Waals surface area contributed by atoms with Gasteiger partial charge >= 0.3 is 0 Å². The van der Waals surface area contributed by atoms with Gasteiger partial charge in [0.2, 0.25) is 0 Å². The van der Waals surface area contributed by atoms with Crippen LogP contribution in [0.2, 0.25) is 0 Å². The molecule has 36 heavy (non-hydrogen) atoms. The van der Waals surface area contributed by atoms with Crippen LogP contribution >= 0.6 is 0 Å². The first-order valence-corrected chi connectivity index (χ1v) is 15.6. The first-order chi connectivity index (χ1) is 17.4. The second kappa shape index (κ2) is 6.93. The van der Waals surface area contributed by atoms with Crippen LogP contribution in [0.25, 0.3) is 0 Å². The molecule has 0 aromatic carbocycles. The number of rotatable bonds is 3. The molecule has 6 aliphatic carbocycles. The molecule has 2 heteroatoms. The fourth-order valence-corrected chi connectivity index (χ4v) is 13.6. The van der Waals surface area contributed by atoms with Crippen LogP contribution in [0, 0.1) is 50.8 Å². The second-order valence-electron chi connectivity index (χ2n) is 15.1. The van der Waals surface area contributed by atoms with Gasteiger partial charge in [-0.3, -0.25) is 4.90 Å². The number of hydrogen-bond donors (Lipinski definition) is 1. The Morgan fingerprint density at radius 3 is 2.72 bits per heavy atom. The maximum Gasteiger partial charge on any atom is 0.0446 e. The van der Waals surface area contributed by atoms with Gasteiger partial charge in [-0.2, -0.15) is 0 Å². The molecule has 4 saturated carbocycles. The molecule has 0 amide bonds. The highest BCUT2D eigenvalue weighted by Crippen LogP contribution is 2.87. The van der Waals surface area contributed by atoms with Crippen LogP contribution in [0.15, 0.2) is 23.3 Å². The van der Waals surface area contributed by atoms with Crippen molar-refractivity contribution in [3.8, 4) is 11.8 Å². The third-order valence-corrected chi connectivity index (χ3v) is 14.9. The van der Waals surface area contributed by atoms with Gasteiger partial charge in [0.15, 0.2) is 0 Å². The topological polar surface area (TPSA) is 23.2 Å². The molecule has 9 unspecified atom stereocenters. The Kier molecular flexibility index (Phi) is 4.41. The predicted octanol–water partition coefficient (Wildman–Crippen LogP) is 7.04. The van der Waals surface area contributed by atoms with Crippen LogP contribution in [0.4, 0.5) is 0 Å². The van der Waals surface area contributed by atoms with E-state index in [0.717, 1.165) is 25.2 Å². The van der Waals surface area contributed by atoms with Crippen molar-refractivity contribution in [2.75, 3.05) is 13.2 Å². The van der Waals surface area contributed by atoms with E-state index in [1.165, 1.54) is 77.2 Å². The average molecular weight is 486 g/mol. The molecule has 0 aromatic heterocycles. The fourth-order valence-electron chi connectivity index (χ4n) is 13.6. The summed E-state index contributed by atoms with van der Waals surface area (Å²) in [6.45, 7) is 9.57. The Bertz CT molecular complexity index is 1130. The minimum Gasteiger partial charge on any atom is -0.396 e. The number of aliphatic hydroxyl groups is 1. The summed E-state index contributed by atoms with van der Waals surface area (Å²) in [7, 11) is 0. The Balaban J connectivity index is 1.37. The number of hydrogen-bond acceptors (Lipinski definition) is 2. The Hall–Kier alpha value is -1.04. The van der Waals surface area contributed by atoms with Crippen molar-refractivity contribution >= 4 is 0 Å². The molecule has 9 atom stereocenters. The molecule has 8 rings (SSSR count). The molecule has 1 saturated heterocycles. The highest BCUT2D eigenvalue weighted by molar-refractivity contribution is 5.49. The molecule has 5 fully saturated rings. The summed E-state index contributed by atoms with van der Waals surface area (Å²) in [4.78, 5) is 3.08. The normalized spacial score (nSPS) is 54.7. The van der Waals surface area contributed by atoms with Gasteiger partial charge in [0.05, 0.1) is 0 Å². The lowest BCUT2D eigenvalue weighted by molar-refractivity contribution is -0.193. The third kappa shape index (κ3) is 2.12. The van der Waals surface area contributed by atoms with E-state index in [0.29, 0.717) is 40.4 Å². The molecule has 2 heterocycles. The van der Waals surface area contributed by atoms with Crippen LogP contribution in [-0.4, -0.2) is 34.7 Å². The van der Waals surface area contributed by atoms with Gasteiger partial charge in [0, 0.05) is 53.8 Å². The zero-order valence-electron chi connectivity index (χ0n) is 23.1. The van der Waals surface area contributed by atoms with Crippen LogP contribution in [0.5, 0.6) is 0 Å². The van der Waals surface area contributed by atoms with E-state index in [4.69, 9.17) is 0 Å². The van der Waals surface area contributed by atoms with E-state index < -0.39 is 0 Å². The summed E-state index contributed by atoms with van der Waals surface area (Å²) in [6.07, 6.45) is 23.9. The zero-order valence-corrected chi connectivity index (χ0v) is 23.1. The first-order valence-electron chi connectivity index (χ1n) is 15.6. The standard InChI is InChI=1S/C34H47NO/c1-24-10-19-33-25(2)21-30(14-5-6-15-30)34(22-27(24)33)28-12-17-31(16-7-4-13-29(33,34)3)26(9-8-20-36)11-18-32(31)23-35(28)32/h12,17,25-26,28,36H,5-6,8-11,13-16,18-23H2,1-3H3. The molecule has 4 bridgehead atoms. The molecule has 8 aliphatic rings. The second-order valence-corrected chi connectivity index (χ2v) is 15.1. The van der Waals surface area contributed by atoms with E-state index in [2.05, 4.69) is 49.7 Å². The van der Waals surface area contributed by atoms with Crippen molar-refractivity contribution in [3.05, 3.63) is 23.3 Å². The maximum atomic E-state index is 9.65. The van der Waals surface area contributed by atoms with Gasteiger partial charge in [-0.15, -0.1) is 11.8 Å². The lowest BCUT2D eigenvalue weighted by Gasteiger charge is -2.68. The van der Waals surface area contributed by atoms with Crippen LogP contribution in [0.1, 0.15) is 111 Å². The molecule has 194 valence electrons. The van der Waals surface area contributed by atoms with Gasteiger partial charge in [0.25, 0.3) is 0 Å². The van der Waals surface area contributed by atoms with E-state index >= 15 is 0 Å². The van der Waals surface area contributed by atoms with Crippen molar-refractivity contribution in [2.24, 2.45) is 38.9 Å². The van der Waals surface area contributed by atoms with Crippen molar-refractivity contribution < 1.29 is 5.11 Å². The maximum absolute atomic E-state index is 9.65. The molecule has 4 spiro atoms. The summed E-state index contributed by atoms with van der Waals surface area (Å²) < 4.78 is 0. The Labute approximate surface area is 219 Å². The van der Waals surface area contributed by atoms with E-state index in [-0.39, 0.29) is 10.8 Å². The van der Waals surface area contributed by atoms with Gasteiger partial charge in [0.1, 0.15) is 0 Å². The molecule has 2 aliphatic heterocycles. The smallest absolute Gasteiger partial charge is 0.0446 e. The van der Waals surface area contributed by atoms with Crippen molar-refractivity contribution in [3.63, 3.8) is 0 Å². The summed E-state index contributed by atoms with van der Waals surface area (Å²) in [5.74, 6) is 9.35. The van der Waals surface area contributed by atoms with Gasteiger partial charge in [-0.1, -0.05) is 50.0 Å². The largest absolute Gasteiger partial charge is 0.396 e. The van der Waals surface area contributed by atoms with Crippen molar-refractivity contribution in [1.29, 1.82) is 0 Å². The number of nitrogens with zero attached hydrogens (tertiary/aromatic N) is 1. The predicted molar refractivity (Wildman–Crippen MR) is 145 cm³/mol. The van der Waals surface area contributed by atoms with Crippen molar-refractivity contribution in [1.82, 2.24) is 4.90 Å². The van der Waals surface area contributed by atoms with Gasteiger partial charge in [-0.05, 0) is 93.8 Å². The van der Waals surface area contributed by atoms with E-state index in [9.17, 15) is 5.11 Å². The molecule has 2 nitrogen and oxygen atoms in total. The molecular weight excluding hydrogens is 438 g/mol. The number of allylic oxidation sites excluding steroid dienone is 2. The van der Waals surface area contributed by atoms with Crippen LogP contribution in [-0.2, 0) is 0 Å². The summed E-state index contributed by atoms with van der Waals surface area (Å²) in [5.41, 5.74) is 5.72. The Morgan fingerprint density at radius 2 is 1.92 bits per heavy atom. The first kappa shape index (κ1) is 22.9. The van der Waals surface area contributed by atoms with Crippen molar-refractivity contribution in [2.45, 2.75) is 122 Å². The molecule has 1 N–H and O–H groups in total. The summed E-state index contributed by atoms with van der Waals surface area (Å²) in [6, 6.07) is 0.598.